The van der Waals surface area contributed by atoms with E-state index in [1.807, 2.05) is 0 Å². The topological polar surface area (TPSA) is 72.1 Å². The van der Waals surface area contributed by atoms with Crippen molar-refractivity contribution in [3.05, 3.63) is 33.7 Å². The molecule has 0 fully saturated rings. The van der Waals surface area contributed by atoms with Gasteiger partial charge in [0.05, 0.1) is 6.61 Å². The number of carbonyl (C=O) groups excluding carboxylic acids is 1. The van der Waals surface area contributed by atoms with Crippen molar-refractivity contribution in [2.75, 3.05) is 6.61 Å². The standard InChI is InChI=1S/C10H10N2O3/c1-3-15-10(14)12-7(2)4-5-8(6-11)9(12)13/h4-5H,3H2,1-2H3. The second-order valence-corrected chi connectivity index (χ2v) is 2.84. The second kappa shape index (κ2) is 4.42. The molecule has 0 N–H and O–H groups in total. The maximum Gasteiger partial charge on any atom is 0.421 e. The van der Waals surface area contributed by atoms with E-state index >= 15 is 0 Å². The molecule has 0 saturated carbocycles. The van der Waals surface area contributed by atoms with E-state index in [0.29, 0.717) is 5.69 Å². The van der Waals surface area contributed by atoms with Crippen LogP contribution in [0.3, 0.4) is 0 Å². The Hall–Kier alpha value is -2.09. The number of nitrogens with zero attached hydrogens (tertiary/aromatic N) is 2. The zero-order valence-corrected chi connectivity index (χ0v) is 8.48. The van der Waals surface area contributed by atoms with Gasteiger partial charge in [0.2, 0.25) is 0 Å². The number of hydrogen-bond donors (Lipinski definition) is 0. The maximum atomic E-state index is 11.6. The van der Waals surface area contributed by atoms with Crippen LogP contribution in [0.4, 0.5) is 4.79 Å². The summed E-state index contributed by atoms with van der Waals surface area (Å²) in [6.07, 6.45) is -0.753. The first-order valence-electron chi connectivity index (χ1n) is 4.41. The smallest absolute Gasteiger partial charge is 0.421 e. The van der Waals surface area contributed by atoms with Crippen LogP contribution in [-0.4, -0.2) is 17.3 Å². The van der Waals surface area contributed by atoms with Crippen LogP contribution in [0.5, 0.6) is 0 Å². The Morgan fingerprint density at radius 2 is 2.27 bits per heavy atom. The Morgan fingerprint density at radius 1 is 1.60 bits per heavy atom. The summed E-state index contributed by atoms with van der Waals surface area (Å²) in [4.78, 5) is 23.0. The fourth-order valence-corrected chi connectivity index (χ4v) is 1.13. The van der Waals surface area contributed by atoms with Crippen LogP contribution in [-0.2, 0) is 4.74 Å². The minimum absolute atomic E-state index is 0.0753. The van der Waals surface area contributed by atoms with E-state index in [0.717, 1.165) is 4.57 Å². The third-order valence-corrected chi connectivity index (χ3v) is 1.85. The summed E-state index contributed by atoms with van der Waals surface area (Å²) < 4.78 is 5.55. The molecular weight excluding hydrogens is 196 g/mol. The van der Waals surface area contributed by atoms with Crippen LogP contribution >= 0.6 is 0 Å². The molecule has 0 radical (unpaired) electrons. The van der Waals surface area contributed by atoms with Gasteiger partial charge in [-0.15, -0.1) is 0 Å². The average molecular weight is 206 g/mol. The molecule has 1 rings (SSSR count). The first-order chi connectivity index (χ1) is 7.11. The normalized spacial score (nSPS) is 9.40. The molecule has 0 amide bonds. The molecule has 5 heteroatoms. The fourth-order valence-electron chi connectivity index (χ4n) is 1.13. The lowest BCUT2D eigenvalue weighted by Gasteiger charge is -2.07. The maximum absolute atomic E-state index is 11.6. The van der Waals surface area contributed by atoms with Crippen molar-refractivity contribution < 1.29 is 9.53 Å². The highest BCUT2D eigenvalue weighted by Gasteiger charge is 2.13. The average Bonchev–Trinajstić information content (AvgIpc) is 2.18. The van der Waals surface area contributed by atoms with Gasteiger partial charge < -0.3 is 4.74 Å². The number of rotatable bonds is 1. The van der Waals surface area contributed by atoms with E-state index < -0.39 is 11.7 Å². The summed E-state index contributed by atoms with van der Waals surface area (Å²) in [6.45, 7) is 3.42. The molecule has 0 spiro atoms. The van der Waals surface area contributed by atoms with Crippen molar-refractivity contribution in [2.45, 2.75) is 13.8 Å². The number of ether oxygens (including phenoxy) is 1. The van der Waals surface area contributed by atoms with Crippen LogP contribution in [0.15, 0.2) is 16.9 Å². The molecule has 0 aromatic carbocycles. The first-order valence-corrected chi connectivity index (χ1v) is 4.41. The number of aromatic nitrogens is 1. The second-order valence-electron chi connectivity index (χ2n) is 2.84. The van der Waals surface area contributed by atoms with Crippen molar-refractivity contribution in [3.8, 4) is 6.07 Å². The molecule has 0 unspecified atom stereocenters. The van der Waals surface area contributed by atoms with E-state index in [1.165, 1.54) is 12.1 Å². The Labute approximate surface area is 86.5 Å². The molecule has 0 aliphatic heterocycles. The zero-order valence-electron chi connectivity index (χ0n) is 8.48. The van der Waals surface area contributed by atoms with Crippen molar-refractivity contribution in [1.29, 1.82) is 5.26 Å². The van der Waals surface area contributed by atoms with Gasteiger partial charge in [-0.1, -0.05) is 0 Å². The lowest BCUT2D eigenvalue weighted by atomic mass is 10.2. The summed E-state index contributed by atoms with van der Waals surface area (Å²) in [7, 11) is 0. The van der Waals surface area contributed by atoms with Gasteiger partial charge in [-0.25, -0.2) is 9.36 Å². The summed E-state index contributed by atoms with van der Waals surface area (Å²) in [5, 5.41) is 8.63. The largest absolute Gasteiger partial charge is 0.449 e. The monoisotopic (exact) mass is 206 g/mol. The molecule has 0 saturated heterocycles. The van der Waals surface area contributed by atoms with Crippen molar-refractivity contribution >= 4 is 6.09 Å². The molecule has 0 atom stereocenters. The molecule has 1 heterocycles. The number of nitriles is 1. The van der Waals surface area contributed by atoms with E-state index in [2.05, 4.69) is 0 Å². The summed E-state index contributed by atoms with van der Waals surface area (Å²) >= 11 is 0. The Bertz CT molecular complexity index is 482. The van der Waals surface area contributed by atoms with Crippen LogP contribution in [0, 0.1) is 18.3 Å². The van der Waals surface area contributed by atoms with Gasteiger partial charge >= 0.3 is 6.09 Å². The molecule has 5 nitrogen and oxygen atoms in total. The van der Waals surface area contributed by atoms with Crippen molar-refractivity contribution in [3.63, 3.8) is 0 Å². The molecule has 78 valence electrons. The third kappa shape index (κ3) is 2.05. The van der Waals surface area contributed by atoms with E-state index in [9.17, 15) is 9.59 Å². The quantitative estimate of drug-likeness (QED) is 0.688. The van der Waals surface area contributed by atoms with Gasteiger partial charge in [-0.05, 0) is 26.0 Å². The first kappa shape index (κ1) is 11.0. The van der Waals surface area contributed by atoms with Crippen molar-refractivity contribution in [1.82, 2.24) is 4.57 Å². The predicted molar refractivity (Wildman–Crippen MR) is 52.6 cm³/mol. The predicted octanol–water partition coefficient (Wildman–Crippen LogP) is 1.03. The summed E-state index contributed by atoms with van der Waals surface area (Å²) in [5.74, 6) is 0. The number of aryl methyl sites for hydroxylation is 1. The van der Waals surface area contributed by atoms with Gasteiger partial charge in [0, 0.05) is 5.69 Å². The van der Waals surface area contributed by atoms with E-state index in [4.69, 9.17) is 10.00 Å². The fraction of sp³-hybridized carbons (Fsp3) is 0.300. The lowest BCUT2D eigenvalue weighted by Crippen LogP contribution is -2.31. The Kier molecular flexibility index (Phi) is 3.24. The summed E-state index contributed by atoms with van der Waals surface area (Å²) in [6, 6.07) is 4.63. The van der Waals surface area contributed by atoms with Gasteiger partial charge in [-0.3, -0.25) is 4.79 Å². The number of carbonyl (C=O) groups is 1. The van der Waals surface area contributed by atoms with E-state index in [1.54, 1.807) is 19.9 Å². The van der Waals surface area contributed by atoms with Crippen LogP contribution in [0.25, 0.3) is 0 Å². The van der Waals surface area contributed by atoms with Crippen LogP contribution in [0.1, 0.15) is 18.2 Å². The minimum atomic E-state index is -0.753. The lowest BCUT2D eigenvalue weighted by molar-refractivity contribution is 0.152. The van der Waals surface area contributed by atoms with Gasteiger partial charge in [-0.2, -0.15) is 5.26 Å². The van der Waals surface area contributed by atoms with E-state index in [-0.39, 0.29) is 12.2 Å². The summed E-state index contributed by atoms with van der Waals surface area (Å²) in [5.41, 5.74) is -0.276. The Morgan fingerprint density at radius 3 is 2.80 bits per heavy atom. The number of pyridine rings is 1. The molecule has 1 aromatic heterocycles. The van der Waals surface area contributed by atoms with Crippen molar-refractivity contribution in [2.24, 2.45) is 0 Å². The number of hydrogen-bond acceptors (Lipinski definition) is 4. The Balaban J connectivity index is 3.35. The molecule has 15 heavy (non-hydrogen) atoms. The third-order valence-electron chi connectivity index (χ3n) is 1.85. The van der Waals surface area contributed by atoms with Gasteiger partial charge in [0.15, 0.2) is 0 Å². The minimum Gasteiger partial charge on any atom is -0.449 e. The molecule has 0 aliphatic carbocycles. The highest BCUT2D eigenvalue weighted by Crippen LogP contribution is 1.98. The molecule has 0 bridgehead atoms. The highest BCUT2D eigenvalue weighted by molar-refractivity contribution is 5.71. The van der Waals surface area contributed by atoms with Gasteiger partial charge in [0.1, 0.15) is 11.6 Å². The van der Waals surface area contributed by atoms with Crippen LogP contribution in [0.2, 0.25) is 0 Å². The molecular formula is C10H10N2O3. The molecule has 1 aromatic rings. The van der Waals surface area contributed by atoms with Crippen LogP contribution < -0.4 is 5.56 Å². The highest BCUT2D eigenvalue weighted by atomic mass is 16.5. The zero-order chi connectivity index (χ0) is 11.4. The van der Waals surface area contributed by atoms with Gasteiger partial charge in [0.25, 0.3) is 5.56 Å². The SMILES string of the molecule is CCOC(=O)n1c(C)ccc(C#N)c1=O. The molecule has 0 aliphatic rings.